The number of rotatable bonds is 14. The van der Waals surface area contributed by atoms with Gasteiger partial charge < -0.3 is 21.7 Å². The number of aliphatic hydroxyl groups is 2. The molecule has 2 atom stereocenters. The van der Waals surface area contributed by atoms with Crippen molar-refractivity contribution in [2.24, 2.45) is 0 Å². The Labute approximate surface area is 179 Å². The van der Waals surface area contributed by atoms with E-state index in [-0.39, 0.29) is 13.2 Å². The minimum atomic E-state index is 0.262. The third-order valence-corrected chi connectivity index (χ3v) is 6.87. The minimum Gasteiger partial charge on any atom is -0.399 e. The Kier molecular flexibility index (Phi) is 11.0. The van der Waals surface area contributed by atoms with E-state index in [4.69, 9.17) is 21.7 Å². The lowest BCUT2D eigenvalue weighted by molar-refractivity contribution is 0.282. The maximum atomic E-state index is 9.09. The molecule has 5 heteroatoms. The smallest absolute Gasteiger partial charge is 0.0431 e. The molecule has 160 valence electrons. The number of aliphatic hydroxyl groups excluding tert-OH is 2. The van der Waals surface area contributed by atoms with Gasteiger partial charge in [-0.2, -0.15) is 0 Å². The molecule has 0 heterocycles. The second kappa shape index (κ2) is 13.5. The third-order valence-electron chi connectivity index (χ3n) is 5.19. The summed E-state index contributed by atoms with van der Waals surface area (Å²) in [5.74, 6) is 0. The molecule has 2 rings (SSSR count). The quantitative estimate of drug-likeness (QED) is 0.242. The van der Waals surface area contributed by atoms with Gasteiger partial charge in [0, 0.05) is 35.1 Å². The molecule has 0 bridgehead atoms. The van der Waals surface area contributed by atoms with E-state index in [0.717, 1.165) is 62.7 Å². The van der Waals surface area contributed by atoms with Crippen LogP contribution in [0.4, 0.5) is 11.4 Å². The standard InChI is InChI=1S/C24H36N2O2S/c25-21-13-9-19(10-14-21)23(7-3-1-5-17-27)29-24(8-4-2-6-18-28)20-11-15-22(26)16-12-20/h9-16,23-24,27-28H,1-8,17-18,25-26H2. The van der Waals surface area contributed by atoms with E-state index in [1.165, 1.54) is 11.1 Å². The minimum absolute atomic E-state index is 0.262. The fourth-order valence-electron chi connectivity index (χ4n) is 3.48. The summed E-state index contributed by atoms with van der Waals surface area (Å²) >= 11 is 2.02. The number of thioether (sulfide) groups is 1. The number of nitrogen functional groups attached to an aromatic ring is 2. The monoisotopic (exact) mass is 416 g/mol. The van der Waals surface area contributed by atoms with E-state index in [1.807, 2.05) is 36.0 Å². The van der Waals surface area contributed by atoms with E-state index in [2.05, 4.69) is 24.3 Å². The Hall–Kier alpha value is -1.69. The van der Waals surface area contributed by atoms with Crippen LogP contribution >= 0.6 is 11.8 Å². The highest BCUT2D eigenvalue weighted by molar-refractivity contribution is 7.99. The number of hydrogen-bond donors (Lipinski definition) is 4. The molecule has 0 aliphatic heterocycles. The Morgan fingerprint density at radius 1 is 0.586 bits per heavy atom. The van der Waals surface area contributed by atoms with Crippen LogP contribution in [0, 0.1) is 0 Å². The zero-order valence-electron chi connectivity index (χ0n) is 17.3. The highest BCUT2D eigenvalue weighted by atomic mass is 32.2. The predicted octanol–water partition coefficient (Wildman–Crippen LogP) is 5.47. The summed E-state index contributed by atoms with van der Waals surface area (Å²) in [6, 6.07) is 16.5. The maximum absolute atomic E-state index is 9.09. The molecule has 2 aromatic rings. The first kappa shape index (κ1) is 23.6. The van der Waals surface area contributed by atoms with Crippen molar-refractivity contribution in [2.75, 3.05) is 24.7 Å². The largest absolute Gasteiger partial charge is 0.399 e. The van der Waals surface area contributed by atoms with Gasteiger partial charge in [0.1, 0.15) is 0 Å². The van der Waals surface area contributed by atoms with Gasteiger partial charge in [-0.05, 0) is 61.1 Å². The Morgan fingerprint density at radius 3 is 1.31 bits per heavy atom. The molecule has 2 unspecified atom stereocenters. The Bertz CT molecular complexity index is 617. The average Bonchev–Trinajstić information content (AvgIpc) is 2.73. The molecule has 0 aliphatic rings. The topological polar surface area (TPSA) is 92.5 Å². The van der Waals surface area contributed by atoms with Gasteiger partial charge in [-0.25, -0.2) is 0 Å². The van der Waals surface area contributed by atoms with Gasteiger partial charge in [-0.3, -0.25) is 0 Å². The SMILES string of the molecule is Nc1ccc(C(CCCCCO)SC(CCCCCO)c2ccc(N)cc2)cc1. The van der Waals surface area contributed by atoms with Gasteiger partial charge in [-0.15, -0.1) is 11.8 Å². The molecule has 6 N–H and O–H groups in total. The molecule has 0 aromatic heterocycles. The molecule has 0 fully saturated rings. The lowest BCUT2D eigenvalue weighted by Gasteiger charge is -2.25. The van der Waals surface area contributed by atoms with Crippen LogP contribution in [-0.2, 0) is 0 Å². The van der Waals surface area contributed by atoms with Crippen LogP contribution in [-0.4, -0.2) is 23.4 Å². The number of unbranched alkanes of at least 4 members (excludes halogenated alkanes) is 4. The Morgan fingerprint density at radius 2 is 0.966 bits per heavy atom. The lowest BCUT2D eigenvalue weighted by atomic mass is 10.0. The van der Waals surface area contributed by atoms with E-state index in [1.54, 1.807) is 0 Å². The molecular weight excluding hydrogens is 380 g/mol. The second-order valence-corrected chi connectivity index (χ2v) is 9.00. The number of anilines is 2. The predicted molar refractivity (Wildman–Crippen MR) is 126 cm³/mol. The summed E-state index contributed by atoms with van der Waals surface area (Å²) in [6.45, 7) is 0.525. The van der Waals surface area contributed by atoms with E-state index >= 15 is 0 Å². The van der Waals surface area contributed by atoms with Crippen LogP contribution in [0.2, 0.25) is 0 Å². The van der Waals surface area contributed by atoms with E-state index in [9.17, 15) is 0 Å². The third kappa shape index (κ3) is 8.69. The van der Waals surface area contributed by atoms with Crippen molar-refractivity contribution in [1.82, 2.24) is 0 Å². The van der Waals surface area contributed by atoms with Crippen LogP contribution in [0.1, 0.15) is 73.0 Å². The number of nitrogens with two attached hydrogens (primary N) is 2. The van der Waals surface area contributed by atoms with Gasteiger partial charge in [0.2, 0.25) is 0 Å². The molecule has 0 spiro atoms. The molecule has 0 aliphatic carbocycles. The van der Waals surface area contributed by atoms with Crippen molar-refractivity contribution in [3.63, 3.8) is 0 Å². The van der Waals surface area contributed by atoms with E-state index < -0.39 is 0 Å². The first-order valence-corrected chi connectivity index (χ1v) is 11.7. The van der Waals surface area contributed by atoms with Crippen molar-refractivity contribution in [1.29, 1.82) is 0 Å². The molecule has 29 heavy (non-hydrogen) atoms. The molecule has 0 amide bonds. The highest BCUT2D eigenvalue weighted by Gasteiger charge is 2.20. The first-order valence-electron chi connectivity index (χ1n) is 10.7. The van der Waals surface area contributed by atoms with Gasteiger partial charge >= 0.3 is 0 Å². The zero-order chi connectivity index (χ0) is 20.9. The fourth-order valence-corrected chi connectivity index (χ4v) is 5.11. The van der Waals surface area contributed by atoms with Gasteiger partial charge in [0.15, 0.2) is 0 Å². The normalized spacial score (nSPS) is 13.3. The summed E-state index contributed by atoms with van der Waals surface area (Å²) in [5, 5.41) is 18.9. The zero-order valence-corrected chi connectivity index (χ0v) is 18.1. The van der Waals surface area contributed by atoms with Crippen molar-refractivity contribution < 1.29 is 10.2 Å². The molecule has 2 aromatic carbocycles. The van der Waals surface area contributed by atoms with Crippen molar-refractivity contribution >= 4 is 23.1 Å². The summed E-state index contributed by atoms with van der Waals surface area (Å²) < 4.78 is 0. The van der Waals surface area contributed by atoms with Crippen LogP contribution < -0.4 is 11.5 Å². The lowest BCUT2D eigenvalue weighted by Crippen LogP contribution is -2.03. The highest BCUT2D eigenvalue weighted by Crippen LogP contribution is 2.46. The van der Waals surface area contributed by atoms with Crippen LogP contribution in [0.25, 0.3) is 0 Å². The van der Waals surface area contributed by atoms with E-state index in [0.29, 0.717) is 10.5 Å². The van der Waals surface area contributed by atoms with Crippen molar-refractivity contribution in [3.05, 3.63) is 59.7 Å². The Balaban J connectivity index is 2.14. The van der Waals surface area contributed by atoms with Crippen LogP contribution in [0.3, 0.4) is 0 Å². The van der Waals surface area contributed by atoms with Crippen LogP contribution in [0.5, 0.6) is 0 Å². The summed E-state index contributed by atoms with van der Waals surface area (Å²) in [4.78, 5) is 0. The van der Waals surface area contributed by atoms with Gasteiger partial charge in [-0.1, -0.05) is 49.9 Å². The molecule has 0 saturated heterocycles. The molecule has 0 saturated carbocycles. The summed E-state index contributed by atoms with van der Waals surface area (Å²) in [7, 11) is 0. The maximum Gasteiger partial charge on any atom is 0.0431 e. The van der Waals surface area contributed by atoms with Gasteiger partial charge in [0.05, 0.1) is 0 Å². The molecule has 0 radical (unpaired) electrons. The number of benzene rings is 2. The van der Waals surface area contributed by atoms with Crippen LogP contribution in [0.15, 0.2) is 48.5 Å². The average molecular weight is 417 g/mol. The fraction of sp³-hybridized carbons (Fsp3) is 0.500. The van der Waals surface area contributed by atoms with Crippen molar-refractivity contribution in [2.45, 2.75) is 61.9 Å². The first-order chi connectivity index (χ1) is 14.1. The number of hydrogen-bond acceptors (Lipinski definition) is 5. The molecule has 4 nitrogen and oxygen atoms in total. The van der Waals surface area contributed by atoms with Crippen molar-refractivity contribution in [3.8, 4) is 0 Å². The molecular formula is C24H36N2O2S. The summed E-state index contributed by atoms with van der Waals surface area (Å²) in [5.41, 5.74) is 16.0. The second-order valence-electron chi connectivity index (χ2n) is 7.59. The summed E-state index contributed by atoms with van der Waals surface area (Å²) in [6.07, 6.45) is 8.18. The van der Waals surface area contributed by atoms with Gasteiger partial charge in [0.25, 0.3) is 0 Å².